The van der Waals surface area contributed by atoms with Gasteiger partial charge in [0.2, 0.25) is 0 Å². The zero-order chi connectivity index (χ0) is 19.1. The molecule has 1 aliphatic rings. The second-order valence-electron chi connectivity index (χ2n) is 7.74. The average molecular weight is 369 g/mol. The summed E-state index contributed by atoms with van der Waals surface area (Å²) in [7, 11) is 0. The third-order valence-corrected chi connectivity index (χ3v) is 5.45. The highest BCUT2D eigenvalue weighted by Gasteiger charge is 2.48. The van der Waals surface area contributed by atoms with E-state index in [1.807, 2.05) is 0 Å². The number of rotatable bonds is 12. The van der Waals surface area contributed by atoms with Crippen LogP contribution in [-0.2, 0) is 19.1 Å². The Kier molecular flexibility index (Phi) is 12.4. The van der Waals surface area contributed by atoms with Crippen molar-refractivity contribution in [2.75, 3.05) is 13.2 Å². The Morgan fingerprint density at radius 1 is 0.654 bits per heavy atom. The van der Waals surface area contributed by atoms with Gasteiger partial charge in [0.15, 0.2) is 5.41 Å². The molecule has 0 atom stereocenters. The first-order chi connectivity index (χ1) is 12.7. The van der Waals surface area contributed by atoms with Crippen LogP contribution >= 0.6 is 0 Å². The van der Waals surface area contributed by atoms with Crippen LogP contribution in [0.2, 0.25) is 0 Å². The number of hydrogen-bond acceptors (Lipinski definition) is 4. The fraction of sp³-hybridized carbons (Fsp3) is 0.909. The zero-order valence-corrected chi connectivity index (χ0v) is 17.2. The summed E-state index contributed by atoms with van der Waals surface area (Å²) in [5, 5.41) is 0. The van der Waals surface area contributed by atoms with Gasteiger partial charge < -0.3 is 9.47 Å². The van der Waals surface area contributed by atoms with Crippen LogP contribution in [0.25, 0.3) is 0 Å². The molecular formula is C22H40O4. The SMILES string of the molecule is CCCCCCOC(=O)C1(C(=O)OCCCCCC)CCCCCCC1. The Hall–Kier alpha value is -1.06. The Bertz CT molecular complexity index is 356. The summed E-state index contributed by atoms with van der Waals surface area (Å²) in [4.78, 5) is 25.7. The van der Waals surface area contributed by atoms with E-state index in [0.29, 0.717) is 26.1 Å². The zero-order valence-electron chi connectivity index (χ0n) is 17.2. The van der Waals surface area contributed by atoms with Crippen molar-refractivity contribution in [1.29, 1.82) is 0 Å². The van der Waals surface area contributed by atoms with Crippen molar-refractivity contribution >= 4 is 11.9 Å². The van der Waals surface area contributed by atoms with Crippen molar-refractivity contribution in [2.24, 2.45) is 5.41 Å². The van der Waals surface area contributed by atoms with Crippen LogP contribution < -0.4 is 0 Å². The van der Waals surface area contributed by atoms with Crippen LogP contribution in [0.1, 0.15) is 110 Å². The number of carbonyl (C=O) groups is 2. The smallest absolute Gasteiger partial charge is 0.323 e. The molecule has 0 aromatic rings. The Morgan fingerprint density at radius 3 is 1.50 bits per heavy atom. The van der Waals surface area contributed by atoms with Gasteiger partial charge in [-0.05, 0) is 25.7 Å². The van der Waals surface area contributed by atoms with Crippen LogP contribution in [0, 0.1) is 5.41 Å². The second-order valence-corrected chi connectivity index (χ2v) is 7.74. The molecule has 4 heteroatoms. The largest absolute Gasteiger partial charge is 0.465 e. The van der Waals surface area contributed by atoms with Gasteiger partial charge in [-0.1, -0.05) is 84.5 Å². The fourth-order valence-electron chi connectivity index (χ4n) is 3.66. The minimum Gasteiger partial charge on any atom is -0.465 e. The van der Waals surface area contributed by atoms with Crippen molar-refractivity contribution in [2.45, 2.75) is 110 Å². The first-order valence-electron chi connectivity index (χ1n) is 11.0. The van der Waals surface area contributed by atoms with Gasteiger partial charge in [-0.15, -0.1) is 0 Å². The summed E-state index contributed by atoms with van der Waals surface area (Å²) in [5.41, 5.74) is -1.06. The van der Waals surface area contributed by atoms with Crippen molar-refractivity contribution in [1.82, 2.24) is 0 Å². The third-order valence-electron chi connectivity index (χ3n) is 5.45. The van der Waals surface area contributed by atoms with Gasteiger partial charge in [0.05, 0.1) is 13.2 Å². The standard InChI is InChI=1S/C22H40O4/c1-3-5-7-14-18-25-20(23)22(16-12-10-9-11-13-17-22)21(24)26-19-15-8-6-4-2/h3-19H2,1-2H3. The lowest BCUT2D eigenvalue weighted by Gasteiger charge is -2.31. The summed E-state index contributed by atoms with van der Waals surface area (Å²) in [6.07, 6.45) is 14.8. The lowest BCUT2D eigenvalue weighted by Crippen LogP contribution is -2.43. The van der Waals surface area contributed by atoms with E-state index in [-0.39, 0.29) is 11.9 Å². The first kappa shape index (κ1) is 23.0. The molecule has 0 aromatic carbocycles. The van der Waals surface area contributed by atoms with Crippen LogP contribution in [0.4, 0.5) is 0 Å². The molecule has 0 spiro atoms. The molecule has 1 saturated carbocycles. The molecule has 1 fully saturated rings. The van der Waals surface area contributed by atoms with E-state index < -0.39 is 5.41 Å². The Morgan fingerprint density at radius 2 is 1.08 bits per heavy atom. The topological polar surface area (TPSA) is 52.6 Å². The highest BCUT2D eigenvalue weighted by molar-refractivity contribution is 6.00. The molecule has 4 nitrogen and oxygen atoms in total. The van der Waals surface area contributed by atoms with Crippen LogP contribution in [0.3, 0.4) is 0 Å². The van der Waals surface area contributed by atoms with Gasteiger partial charge >= 0.3 is 11.9 Å². The van der Waals surface area contributed by atoms with E-state index in [4.69, 9.17) is 9.47 Å². The van der Waals surface area contributed by atoms with Crippen molar-refractivity contribution < 1.29 is 19.1 Å². The summed E-state index contributed by atoms with van der Waals surface area (Å²) in [6.45, 7) is 5.16. The molecule has 152 valence electrons. The molecular weight excluding hydrogens is 328 g/mol. The van der Waals surface area contributed by atoms with Crippen molar-refractivity contribution in [3.05, 3.63) is 0 Å². The molecule has 0 radical (unpaired) electrons. The summed E-state index contributed by atoms with van der Waals surface area (Å²) in [6, 6.07) is 0. The lowest BCUT2D eigenvalue weighted by atomic mass is 9.76. The fourth-order valence-corrected chi connectivity index (χ4v) is 3.66. The molecule has 0 amide bonds. The van der Waals surface area contributed by atoms with Crippen LogP contribution in [0.5, 0.6) is 0 Å². The van der Waals surface area contributed by atoms with Crippen molar-refractivity contribution in [3.8, 4) is 0 Å². The summed E-state index contributed by atoms with van der Waals surface area (Å²) in [5.74, 6) is -0.677. The predicted octanol–water partition coefficient (Wildman–Crippen LogP) is 5.96. The van der Waals surface area contributed by atoms with Crippen LogP contribution in [0.15, 0.2) is 0 Å². The summed E-state index contributed by atoms with van der Waals surface area (Å²) >= 11 is 0. The van der Waals surface area contributed by atoms with Gasteiger partial charge in [-0.2, -0.15) is 0 Å². The quantitative estimate of drug-likeness (QED) is 0.242. The first-order valence-corrected chi connectivity index (χ1v) is 11.0. The van der Waals surface area contributed by atoms with E-state index in [1.54, 1.807) is 0 Å². The third kappa shape index (κ3) is 8.09. The van der Waals surface area contributed by atoms with Gasteiger partial charge in [-0.3, -0.25) is 9.59 Å². The molecule has 1 aliphatic carbocycles. The molecule has 26 heavy (non-hydrogen) atoms. The number of ether oxygens (including phenoxy) is 2. The maximum absolute atomic E-state index is 12.9. The molecule has 0 unspecified atom stereocenters. The van der Waals surface area contributed by atoms with Gasteiger partial charge in [0.1, 0.15) is 0 Å². The van der Waals surface area contributed by atoms with Crippen molar-refractivity contribution in [3.63, 3.8) is 0 Å². The van der Waals surface area contributed by atoms with Gasteiger partial charge in [0, 0.05) is 0 Å². The number of carbonyl (C=O) groups excluding carboxylic acids is 2. The molecule has 0 bridgehead atoms. The molecule has 0 saturated heterocycles. The van der Waals surface area contributed by atoms with Gasteiger partial charge in [-0.25, -0.2) is 0 Å². The molecule has 0 N–H and O–H groups in total. The molecule has 0 aliphatic heterocycles. The number of esters is 2. The number of hydrogen-bond donors (Lipinski definition) is 0. The maximum atomic E-state index is 12.9. The van der Waals surface area contributed by atoms with E-state index in [2.05, 4.69) is 13.8 Å². The normalized spacial score (nSPS) is 17.2. The Balaban J connectivity index is 2.62. The number of unbranched alkanes of at least 4 members (excludes halogenated alkanes) is 6. The lowest BCUT2D eigenvalue weighted by molar-refractivity contribution is -0.174. The van der Waals surface area contributed by atoms with E-state index in [9.17, 15) is 9.59 Å². The van der Waals surface area contributed by atoms with E-state index >= 15 is 0 Å². The van der Waals surface area contributed by atoms with E-state index in [0.717, 1.165) is 77.0 Å². The minimum atomic E-state index is -1.06. The average Bonchev–Trinajstić information content (AvgIpc) is 2.61. The second kappa shape index (κ2) is 14.1. The highest BCUT2D eigenvalue weighted by Crippen LogP contribution is 2.37. The van der Waals surface area contributed by atoms with E-state index in [1.165, 1.54) is 6.42 Å². The molecule has 0 aromatic heterocycles. The molecule has 0 heterocycles. The van der Waals surface area contributed by atoms with Gasteiger partial charge in [0.25, 0.3) is 0 Å². The molecule has 1 rings (SSSR count). The maximum Gasteiger partial charge on any atom is 0.323 e. The Labute approximate surface area is 160 Å². The highest BCUT2D eigenvalue weighted by atomic mass is 16.6. The predicted molar refractivity (Wildman–Crippen MR) is 105 cm³/mol. The minimum absolute atomic E-state index is 0.338. The van der Waals surface area contributed by atoms with Crippen LogP contribution in [-0.4, -0.2) is 25.2 Å². The summed E-state index contributed by atoms with van der Waals surface area (Å²) < 4.78 is 11.1. The monoisotopic (exact) mass is 368 g/mol.